The molecule has 0 saturated heterocycles. The van der Waals surface area contributed by atoms with Gasteiger partial charge in [-0.25, -0.2) is 0 Å². The molecule has 0 spiro atoms. The molecule has 1 aromatic heterocycles. The van der Waals surface area contributed by atoms with E-state index in [1.807, 2.05) is 6.92 Å². The Morgan fingerprint density at radius 3 is 2.81 bits per heavy atom. The quantitative estimate of drug-likeness (QED) is 0.505. The fraction of sp³-hybridized carbons (Fsp3) is 0.636. The summed E-state index contributed by atoms with van der Waals surface area (Å²) in [5.74, 6) is 0.845. The van der Waals surface area contributed by atoms with Crippen LogP contribution in [0.4, 0.5) is 0 Å². The highest BCUT2D eigenvalue weighted by molar-refractivity contribution is 7.80. The summed E-state index contributed by atoms with van der Waals surface area (Å²) in [7, 11) is 0. The monoisotopic (exact) mass is 241 g/mol. The number of nitrogens with one attached hydrogen (secondary N) is 2. The molecule has 0 radical (unpaired) electrons. The Labute approximate surface area is 102 Å². The van der Waals surface area contributed by atoms with E-state index in [4.69, 9.17) is 0 Å². The van der Waals surface area contributed by atoms with Gasteiger partial charge in [-0.05, 0) is 31.6 Å². The van der Waals surface area contributed by atoms with Gasteiger partial charge in [0.2, 0.25) is 0 Å². The minimum atomic E-state index is -0.0986. The van der Waals surface area contributed by atoms with Gasteiger partial charge in [-0.2, -0.15) is 17.7 Å². The van der Waals surface area contributed by atoms with Crippen molar-refractivity contribution in [3.8, 4) is 0 Å². The maximum absolute atomic E-state index is 11.5. The Morgan fingerprint density at radius 1 is 1.44 bits per heavy atom. The Morgan fingerprint density at radius 2 is 2.19 bits per heavy atom. The zero-order valence-electron chi connectivity index (χ0n) is 9.62. The van der Waals surface area contributed by atoms with E-state index in [-0.39, 0.29) is 5.91 Å². The van der Waals surface area contributed by atoms with E-state index in [1.54, 1.807) is 6.07 Å². The number of hydrogen-bond donors (Lipinski definition) is 3. The van der Waals surface area contributed by atoms with Crippen LogP contribution in [-0.2, 0) is 0 Å². The predicted octanol–water partition coefficient (Wildman–Crippen LogP) is 1.94. The maximum atomic E-state index is 11.5. The summed E-state index contributed by atoms with van der Waals surface area (Å²) in [6.07, 6.45) is 4.49. The molecule has 1 aromatic rings. The molecule has 0 aliphatic rings. The average molecular weight is 241 g/mol. The predicted molar refractivity (Wildman–Crippen MR) is 68.0 cm³/mol. The first-order valence-corrected chi connectivity index (χ1v) is 6.28. The molecule has 90 valence electrons. The number of unbranched alkanes of at least 4 members (excludes halogenated alkanes) is 3. The highest BCUT2D eigenvalue weighted by Crippen LogP contribution is 2.01. The second kappa shape index (κ2) is 7.33. The first-order valence-electron chi connectivity index (χ1n) is 5.65. The number of nitrogens with zero attached hydrogens (tertiary/aromatic N) is 1. The number of H-pyrrole nitrogens is 1. The number of thiol groups is 1. The van der Waals surface area contributed by atoms with Crippen LogP contribution in [0.25, 0.3) is 0 Å². The van der Waals surface area contributed by atoms with E-state index in [9.17, 15) is 4.79 Å². The van der Waals surface area contributed by atoms with Crippen molar-refractivity contribution in [2.24, 2.45) is 0 Å². The number of hydrogen-bond acceptors (Lipinski definition) is 3. The molecule has 1 amide bonds. The fourth-order valence-corrected chi connectivity index (χ4v) is 1.64. The van der Waals surface area contributed by atoms with Crippen LogP contribution < -0.4 is 5.32 Å². The van der Waals surface area contributed by atoms with Gasteiger partial charge in [-0.15, -0.1) is 0 Å². The van der Waals surface area contributed by atoms with Gasteiger partial charge in [0.15, 0.2) is 0 Å². The number of amides is 1. The van der Waals surface area contributed by atoms with Gasteiger partial charge in [0.1, 0.15) is 5.69 Å². The van der Waals surface area contributed by atoms with E-state index in [1.165, 1.54) is 6.42 Å². The van der Waals surface area contributed by atoms with E-state index in [0.717, 1.165) is 37.3 Å². The van der Waals surface area contributed by atoms with Gasteiger partial charge < -0.3 is 5.32 Å². The summed E-state index contributed by atoms with van der Waals surface area (Å²) in [5.41, 5.74) is 1.37. The van der Waals surface area contributed by atoms with Crippen molar-refractivity contribution in [2.75, 3.05) is 12.3 Å². The number of carbonyl (C=O) groups is 1. The summed E-state index contributed by atoms with van der Waals surface area (Å²) < 4.78 is 0. The molecule has 0 aromatic carbocycles. The summed E-state index contributed by atoms with van der Waals surface area (Å²) >= 11 is 4.15. The molecule has 0 unspecified atom stereocenters. The Kier molecular flexibility index (Phi) is 6.00. The molecular formula is C11H19N3OS. The van der Waals surface area contributed by atoms with Gasteiger partial charge in [0, 0.05) is 12.2 Å². The summed E-state index contributed by atoms with van der Waals surface area (Å²) in [6, 6.07) is 1.75. The summed E-state index contributed by atoms with van der Waals surface area (Å²) in [4.78, 5) is 11.5. The van der Waals surface area contributed by atoms with Crippen LogP contribution in [0.5, 0.6) is 0 Å². The molecule has 5 heteroatoms. The third-order valence-corrected chi connectivity index (χ3v) is 2.63. The molecule has 16 heavy (non-hydrogen) atoms. The second-order valence-corrected chi connectivity index (χ2v) is 4.28. The molecule has 0 saturated carbocycles. The molecule has 0 aliphatic carbocycles. The SMILES string of the molecule is Cc1cc(C(=O)NCCCCCCS)n[nH]1. The minimum absolute atomic E-state index is 0.0986. The lowest BCUT2D eigenvalue weighted by Crippen LogP contribution is -2.24. The van der Waals surface area contributed by atoms with Crippen LogP contribution in [0.15, 0.2) is 6.07 Å². The van der Waals surface area contributed by atoms with Gasteiger partial charge in [0.25, 0.3) is 5.91 Å². The van der Waals surface area contributed by atoms with Crippen molar-refractivity contribution >= 4 is 18.5 Å². The molecule has 4 nitrogen and oxygen atoms in total. The third kappa shape index (κ3) is 4.70. The van der Waals surface area contributed by atoms with Gasteiger partial charge in [-0.3, -0.25) is 9.89 Å². The van der Waals surface area contributed by atoms with Crippen LogP contribution in [0.3, 0.4) is 0 Å². The van der Waals surface area contributed by atoms with Crippen molar-refractivity contribution < 1.29 is 4.79 Å². The second-order valence-electron chi connectivity index (χ2n) is 3.83. The zero-order valence-corrected chi connectivity index (χ0v) is 10.5. The van der Waals surface area contributed by atoms with E-state index >= 15 is 0 Å². The molecule has 0 fully saturated rings. The standard InChI is InChI=1S/C11H19N3OS/c1-9-8-10(14-13-9)11(15)12-6-4-2-3-5-7-16/h8,16H,2-7H2,1H3,(H,12,15)(H,13,14). The van der Waals surface area contributed by atoms with Crippen LogP contribution in [-0.4, -0.2) is 28.4 Å². The largest absolute Gasteiger partial charge is 0.351 e. The van der Waals surface area contributed by atoms with Crippen LogP contribution >= 0.6 is 12.6 Å². The smallest absolute Gasteiger partial charge is 0.271 e. The van der Waals surface area contributed by atoms with Crippen LogP contribution in [0, 0.1) is 6.92 Å². The normalized spacial score (nSPS) is 10.4. The molecule has 1 rings (SSSR count). The van der Waals surface area contributed by atoms with Crippen molar-refractivity contribution in [3.05, 3.63) is 17.5 Å². The van der Waals surface area contributed by atoms with E-state index < -0.39 is 0 Å². The zero-order chi connectivity index (χ0) is 11.8. The van der Waals surface area contributed by atoms with Gasteiger partial charge in [0.05, 0.1) is 0 Å². The number of carbonyl (C=O) groups excluding carboxylic acids is 1. The van der Waals surface area contributed by atoms with Crippen LogP contribution in [0.1, 0.15) is 41.9 Å². The Bertz CT molecular complexity index is 325. The minimum Gasteiger partial charge on any atom is -0.351 e. The summed E-state index contributed by atoms with van der Waals surface area (Å²) in [6.45, 7) is 2.60. The number of aryl methyl sites for hydroxylation is 1. The molecular weight excluding hydrogens is 222 g/mol. The molecule has 0 atom stereocenters. The third-order valence-electron chi connectivity index (χ3n) is 2.31. The van der Waals surface area contributed by atoms with Crippen molar-refractivity contribution in [2.45, 2.75) is 32.6 Å². The number of rotatable bonds is 7. The highest BCUT2D eigenvalue weighted by Gasteiger charge is 2.07. The van der Waals surface area contributed by atoms with Crippen molar-refractivity contribution in [3.63, 3.8) is 0 Å². The molecule has 0 aliphatic heterocycles. The number of aromatic nitrogens is 2. The Balaban J connectivity index is 2.11. The molecule has 0 bridgehead atoms. The van der Waals surface area contributed by atoms with Crippen molar-refractivity contribution in [1.82, 2.24) is 15.5 Å². The molecule has 1 heterocycles. The first kappa shape index (κ1) is 13.1. The maximum Gasteiger partial charge on any atom is 0.271 e. The van der Waals surface area contributed by atoms with Gasteiger partial charge in [-0.1, -0.05) is 12.8 Å². The highest BCUT2D eigenvalue weighted by atomic mass is 32.1. The lowest BCUT2D eigenvalue weighted by molar-refractivity contribution is 0.0948. The number of aromatic amines is 1. The van der Waals surface area contributed by atoms with E-state index in [0.29, 0.717) is 5.69 Å². The topological polar surface area (TPSA) is 57.8 Å². The molecule has 2 N–H and O–H groups in total. The van der Waals surface area contributed by atoms with Crippen LogP contribution in [0.2, 0.25) is 0 Å². The van der Waals surface area contributed by atoms with Gasteiger partial charge >= 0.3 is 0 Å². The lowest BCUT2D eigenvalue weighted by Gasteiger charge is -2.02. The fourth-order valence-electron chi connectivity index (χ4n) is 1.42. The van der Waals surface area contributed by atoms with E-state index in [2.05, 4.69) is 28.1 Å². The first-order chi connectivity index (χ1) is 7.74. The lowest BCUT2D eigenvalue weighted by atomic mass is 10.2. The Hall–Kier alpha value is -0.970. The van der Waals surface area contributed by atoms with Crippen molar-refractivity contribution in [1.29, 1.82) is 0 Å². The average Bonchev–Trinajstić information content (AvgIpc) is 2.70. The summed E-state index contributed by atoms with van der Waals surface area (Å²) in [5, 5.41) is 9.49.